The topological polar surface area (TPSA) is 67.4 Å². The van der Waals surface area contributed by atoms with Crippen LogP contribution in [0.1, 0.15) is 22.3 Å². The van der Waals surface area contributed by atoms with Crippen molar-refractivity contribution in [3.8, 4) is 5.75 Å². The minimum Gasteiger partial charge on any atom is -0.497 e. The average molecular weight is 362 g/mol. The number of rotatable bonds is 7. The van der Waals surface area contributed by atoms with Crippen LogP contribution in [0.5, 0.6) is 5.75 Å². The molecule has 0 aliphatic carbocycles. The summed E-state index contributed by atoms with van der Waals surface area (Å²) in [7, 11) is 1.65. The van der Waals surface area contributed by atoms with E-state index in [0.717, 1.165) is 22.1 Å². The number of nitrogens with one attached hydrogen (secondary N) is 2. The van der Waals surface area contributed by atoms with Gasteiger partial charge < -0.3 is 15.4 Å². The molecule has 0 aliphatic rings. The molecular formula is C22H22N2O3. The molecule has 0 aromatic heterocycles. The van der Waals surface area contributed by atoms with Crippen LogP contribution in [-0.2, 0) is 11.3 Å². The quantitative estimate of drug-likeness (QED) is 0.678. The summed E-state index contributed by atoms with van der Waals surface area (Å²) in [4.78, 5) is 23.9. The lowest BCUT2D eigenvalue weighted by molar-refractivity contribution is -0.121. The molecule has 0 spiro atoms. The fraction of sp³-hybridized carbons (Fsp3) is 0.182. The van der Waals surface area contributed by atoms with Crippen LogP contribution in [0.4, 0.5) is 0 Å². The maximum absolute atomic E-state index is 12.0. The van der Waals surface area contributed by atoms with Crippen LogP contribution in [-0.4, -0.2) is 25.5 Å². The summed E-state index contributed by atoms with van der Waals surface area (Å²) < 4.78 is 5.23. The highest BCUT2D eigenvalue weighted by Crippen LogP contribution is 2.21. The highest BCUT2D eigenvalue weighted by molar-refractivity contribution is 5.94. The Hall–Kier alpha value is -3.34. The lowest BCUT2D eigenvalue weighted by atomic mass is 10.1. The zero-order chi connectivity index (χ0) is 19.1. The van der Waals surface area contributed by atoms with Crippen LogP contribution in [0.3, 0.4) is 0 Å². The van der Waals surface area contributed by atoms with Crippen molar-refractivity contribution in [1.29, 1.82) is 0 Å². The third-order valence-corrected chi connectivity index (χ3v) is 4.28. The first-order chi connectivity index (χ1) is 13.2. The van der Waals surface area contributed by atoms with Gasteiger partial charge in [0.15, 0.2) is 0 Å². The van der Waals surface area contributed by atoms with Crippen molar-refractivity contribution in [3.63, 3.8) is 0 Å². The molecule has 5 nitrogen and oxygen atoms in total. The second kappa shape index (κ2) is 8.85. The monoisotopic (exact) mass is 362 g/mol. The van der Waals surface area contributed by atoms with Crippen molar-refractivity contribution in [1.82, 2.24) is 10.6 Å². The van der Waals surface area contributed by atoms with Gasteiger partial charge in [-0.25, -0.2) is 0 Å². The van der Waals surface area contributed by atoms with E-state index in [2.05, 4.69) is 10.6 Å². The SMILES string of the molecule is COc1ccc2cc(CNC(=O)CCNC(=O)c3ccccc3)ccc2c1. The van der Waals surface area contributed by atoms with Gasteiger partial charge in [-0.3, -0.25) is 9.59 Å². The molecule has 0 saturated carbocycles. The van der Waals surface area contributed by atoms with E-state index < -0.39 is 0 Å². The van der Waals surface area contributed by atoms with Crippen LogP contribution in [0, 0.1) is 0 Å². The smallest absolute Gasteiger partial charge is 0.251 e. The van der Waals surface area contributed by atoms with Crippen LogP contribution in [0.2, 0.25) is 0 Å². The second-order valence-electron chi connectivity index (χ2n) is 6.20. The summed E-state index contributed by atoms with van der Waals surface area (Å²) in [6.07, 6.45) is 0.239. The fourth-order valence-electron chi connectivity index (χ4n) is 2.78. The van der Waals surface area contributed by atoms with Gasteiger partial charge in [0.25, 0.3) is 5.91 Å². The molecule has 3 rings (SSSR count). The van der Waals surface area contributed by atoms with E-state index in [4.69, 9.17) is 4.74 Å². The Kier molecular flexibility index (Phi) is 6.05. The van der Waals surface area contributed by atoms with Gasteiger partial charge in [0.1, 0.15) is 5.75 Å². The summed E-state index contributed by atoms with van der Waals surface area (Å²) in [5, 5.41) is 7.82. The maximum Gasteiger partial charge on any atom is 0.251 e. The number of methoxy groups -OCH3 is 1. The number of carbonyl (C=O) groups is 2. The largest absolute Gasteiger partial charge is 0.497 e. The summed E-state index contributed by atoms with van der Waals surface area (Å²) >= 11 is 0. The molecule has 0 bridgehead atoms. The molecule has 5 heteroatoms. The number of benzene rings is 3. The van der Waals surface area contributed by atoms with E-state index in [-0.39, 0.29) is 18.2 Å². The van der Waals surface area contributed by atoms with E-state index in [1.807, 2.05) is 42.5 Å². The summed E-state index contributed by atoms with van der Waals surface area (Å²) in [6, 6.07) is 20.9. The summed E-state index contributed by atoms with van der Waals surface area (Å²) in [5.41, 5.74) is 1.61. The molecule has 138 valence electrons. The lowest BCUT2D eigenvalue weighted by Gasteiger charge is -2.08. The molecule has 27 heavy (non-hydrogen) atoms. The zero-order valence-corrected chi connectivity index (χ0v) is 15.2. The van der Waals surface area contributed by atoms with E-state index in [1.54, 1.807) is 31.4 Å². The Morgan fingerprint density at radius 3 is 2.41 bits per heavy atom. The highest BCUT2D eigenvalue weighted by atomic mass is 16.5. The Morgan fingerprint density at radius 2 is 1.63 bits per heavy atom. The van der Waals surface area contributed by atoms with Crippen molar-refractivity contribution < 1.29 is 14.3 Å². The van der Waals surface area contributed by atoms with Crippen LogP contribution >= 0.6 is 0 Å². The number of ether oxygens (including phenoxy) is 1. The van der Waals surface area contributed by atoms with Gasteiger partial charge in [-0.2, -0.15) is 0 Å². The van der Waals surface area contributed by atoms with Gasteiger partial charge in [-0.05, 0) is 46.7 Å². The summed E-state index contributed by atoms with van der Waals surface area (Å²) in [5.74, 6) is 0.549. The van der Waals surface area contributed by atoms with Gasteiger partial charge in [0.05, 0.1) is 7.11 Å². The molecule has 0 heterocycles. The van der Waals surface area contributed by atoms with Crippen LogP contribution in [0.25, 0.3) is 10.8 Å². The predicted octanol–water partition coefficient (Wildman–Crippen LogP) is 3.28. The minimum atomic E-state index is -0.173. The molecule has 0 fully saturated rings. The van der Waals surface area contributed by atoms with Gasteiger partial charge in [0, 0.05) is 25.1 Å². The first-order valence-electron chi connectivity index (χ1n) is 8.82. The molecule has 2 N–H and O–H groups in total. The predicted molar refractivity (Wildman–Crippen MR) is 106 cm³/mol. The van der Waals surface area contributed by atoms with Crippen molar-refractivity contribution in [3.05, 3.63) is 77.9 Å². The second-order valence-corrected chi connectivity index (χ2v) is 6.20. The normalized spacial score (nSPS) is 10.4. The third-order valence-electron chi connectivity index (χ3n) is 4.28. The average Bonchev–Trinajstić information content (AvgIpc) is 2.72. The Balaban J connectivity index is 1.46. The Morgan fingerprint density at radius 1 is 0.889 bits per heavy atom. The van der Waals surface area contributed by atoms with Crippen LogP contribution in [0.15, 0.2) is 66.7 Å². The molecule has 3 aromatic rings. The molecular weight excluding hydrogens is 340 g/mol. The zero-order valence-electron chi connectivity index (χ0n) is 15.2. The molecule has 0 atom stereocenters. The highest BCUT2D eigenvalue weighted by Gasteiger charge is 2.06. The van der Waals surface area contributed by atoms with Crippen molar-refractivity contribution >= 4 is 22.6 Å². The number of carbonyl (C=O) groups excluding carboxylic acids is 2. The van der Waals surface area contributed by atoms with Crippen molar-refractivity contribution in [2.24, 2.45) is 0 Å². The van der Waals surface area contributed by atoms with E-state index >= 15 is 0 Å². The van der Waals surface area contributed by atoms with Gasteiger partial charge in [0.2, 0.25) is 5.91 Å². The molecule has 0 saturated heterocycles. The number of amides is 2. The number of hydrogen-bond donors (Lipinski definition) is 2. The minimum absolute atomic E-state index is 0.0989. The third kappa shape index (κ3) is 5.07. The van der Waals surface area contributed by atoms with E-state index in [9.17, 15) is 9.59 Å². The van der Waals surface area contributed by atoms with E-state index in [0.29, 0.717) is 18.7 Å². The van der Waals surface area contributed by atoms with E-state index in [1.165, 1.54) is 0 Å². The molecule has 0 aliphatic heterocycles. The lowest BCUT2D eigenvalue weighted by Crippen LogP contribution is -2.30. The number of fused-ring (bicyclic) bond motifs is 1. The van der Waals surface area contributed by atoms with Crippen molar-refractivity contribution in [2.45, 2.75) is 13.0 Å². The molecule has 0 radical (unpaired) electrons. The fourth-order valence-corrected chi connectivity index (χ4v) is 2.78. The molecule has 3 aromatic carbocycles. The Bertz CT molecular complexity index is 939. The first kappa shape index (κ1) is 18.5. The summed E-state index contributed by atoms with van der Waals surface area (Å²) in [6.45, 7) is 0.754. The van der Waals surface area contributed by atoms with Crippen molar-refractivity contribution in [2.75, 3.05) is 13.7 Å². The maximum atomic E-state index is 12.0. The first-order valence-corrected chi connectivity index (χ1v) is 8.82. The molecule has 2 amide bonds. The number of hydrogen-bond acceptors (Lipinski definition) is 3. The van der Waals surface area contributed by atoms with Gasteiger partial charge >= 0.3 is 0 Å². The standard InChI is InChI=1S/C22H22N2O3/c1-27-20-10-9-18-13-16(7-8-19(18)14-20)15-24-21(25)11-12-23-22(26)17-5-3-2-4-6-17/h2-10,13-14H,11-12,15H2,1H3,(H,23,26)(H,24,25). The van der Waals surface area contributed by atoms with Crippen LogP contribution < -0.4 is 15.4 Å². The van der Waals surface area contributed by atoms with Gasteiger partial charge in [-0.15, -0.1) is 0 Å². The molecule has 0 unspecified atom stereocenters. The van der Waals surface area contributed by atoms with Gasteiger partial charge in [-0.1, -0.05) is 36.4 Å². The Labute approximate surface area is 158 Å².